The number of nitrogens with zero attached hydrogens (tertiary/aromatic N) is 3. The number of rotatable bonds is 5. The van der Waals surface area contributed by atoms with E-state index >= 15 is 0 Å². The highest BCUT2D eigenvalue weighted by Crippen LogP contribution is 2.18. The highest BCUT2D eigenvalue weighted by Gasteiger charge is 2.18. The molecule has 1 aromatic heterocycles. The lowest BCUT2D eigenvalue weighted by atomic mass is 9.97. The molecule has 0 unspecified atom stereocenters. The van der Waals surface area contributed by atoms with Gasteiger partial charge in [-0.3, -0.25) is 0 Å². The predicted molar refractivity (Wildman–Crippen MR) is 71.3 cm³/mol. The highest BCUT2D eigenvalue weighted by molar-refractivity contribution is 5.30. The van der Waals surface area contributed by atoms with Crippen LogP contribution in [0.2, 0.25) is 0 Å². The van der Waals surface area contributed by atoms with Crippen molar-refractivity contribution >= 4 is 5.95 Å². The van der Waals surface area contributed by atoms with Crippen LogP contribution < -0.4 is 10.2 Å². The molecule has 2 heterocycles. The van der Waals surface area contributed by atoms with E-state index in [4.69, 9.17) is 0 Å². The lowest BCUT2D eigenvalue weighted by molar-refractivity contribution is 0.371. The number of aromatic nitrogens is 2. The summed E-state index contributed by atoms with van der Waals surface area (Å²) < 4.78 is 2.12. The van der Waals surface area contributed by atoms with E-state index in [1.807, 2.05) is 12.4 Å². The fourth-order valence-corrected chi connectivity index (χ4v) is 2.58. The molecule has 0 amide bonds. The molecular weight excluding hydrogens is 212 g/mol. The molecule has 1 aromatic rings. The first-order chi connectivity index (χ1) is 8.31. The molecule has 1 N–H and O–H groups in total. The summed E-state index contributed by atoms with van der Waals surface area (Å²) in [5.74, 6) is 1.94. The maximum atomic E-state index is 4.47. The van der Waals surface area contributed by atoms with E-state index in [1.54, 1.807) is 0 Å². The Hall–Kier alpha value is -1.03. The molecule has 0 bridgehead atoms. The second-order valence-corrected chi connectivity index (χ2v) is 4.98. The van der Waals surface area contributed by atoms with Crippen LogP contribution in [0.5, 0.6) is 0 Å². The van der Waals surface area contributed by atoms with Crippen LogP contribution >= 0.6 is 0 Å². The minimum Gasteiger partial charge on any atom is -0.342 e. The Morgan fingerprint density at radius 3 is 2.82 bits per heavy atom. The van der Waals surface area contributed by atoms with Gasteiger partial charge in [0.1, 0.15) is 0 Å². The lowest BCUT2D eigenvalue weighted by Gasteiger charge is -2.30. The van der Waals surface area contributed by atoms with Gasteiger partial charge in [0.2, 0.25) is 5.95 Å². The van der Waals surface area contributed by atoms with Crippen molar-refractivity contribution < 1.29 is 0 Å². The monoisotopic (exact) mass is 236 g/mol. The van der Waals surface area contributed by atoms with Gasteiger partial charge in [0.05, 0.1) is 0 Å². The van der Waals surface area contributed by atoms with Crippen LogP contribution in [0.25, 0.3) is 0 Å². The van der Waals surface area contributed by atoms with E-state index in [0.29, 0.717) is 0 Å². The predicted octanol–water partition coefficient (Wildman–Crippen LogP) is 1.64. The van der Waals surface area contributed by atoms with Gasteiger partial charge in [-0.1, -0.05) is 6.92 Å². The van der Waals surface area contributed by atoms with E-state index in [9.17, 15) is 0 Å². The maximum absolute atomic E-state index is 4.47. The average Bonchev–Trinajstić information content (AvgIpc) is 2.76. The third-order valence-corrected chi connectivity index (χ3v) is 3.51. The van der Waals surface area contributed by atoms with E-state index in [1.165, 1.54) is 32.4 Å². The second kappa shape index (κ2) is 6.05. The standard InChI is InChI=1S/C13H24N4/c1-3-9-17(13-15-8-10-16(13)2)11-12-4-6-14-7-5-12/h8,10,12,14H,3-7,9,11H2,1-2H3. The van der Waals surface area contributed by atoms with Gasteiger partial charge in [0.25, 0.3) is 0 Å². The molecule has 1 fully saturated rings. The van der Waals surface area contributed by atoms with Crippen molar-refractivity contribution in [1.29, 1.82) is 0 Å². The average molecular weight is 236 g/mol. The number of imidazole rings is 1. The molecule has 1 aliphatic rings. The van der Waals surface area contributed by atoms with Gasteiger partial charge in [-0.15, -0.1) is 0 Å². The molecule has 1 aliphatic heterocycles. The van der Waals surface area contributed by atoms with Crippen LogP contribution in [0.1, 0.15) is 26.2 Å². The normalized spacial score (nSPS) is 17.3. The summed E-state index contributed by atoms with van der Waals surface area (Å²) in [6.07, 6.45) is 7.69. The van der Waals surface area contributed by atoms with Gasteiger partial charge in [0, 0.05) is 32.5 Å². The molecule has 17 heavy (non-hydrogen) atoms. The van der Waals surface area contributed by atoms with Crippen LogP contribution in [0.3, 0.4) is 0 Å². The molecule has 96 valence electrons. The first-order valence-corrected chi connectivity index (χ1v) is 6.74. The molecule has 0 radical (unpaired) electrons. The summed E-state index contributed by atoms with van der Waals surface area (Å²) in [7, 11) is 2.08. The molecular formula is C13H24N4. The van der Waals surface area contributed by atoms with Crippen LogP contribution in [0.15, 0.2) is 12.4 Å². The van der Waals surface area contributed by atoms with Crippen molar-refractivity contribution in [2.75, 3.05) is 31.1 Å². The van der Waals surface area contributed by atoms with Crippen molar-refractivity contribution in [3.05, 3.63) is 12.4 Å². The van der Waals surface area contributed by atoms with Crippen LogP contribution in [0.4, 0.5) is 5.95 Å². The van der Waals surface area contributed by atoms with Gasteiger partial charge in [-0.25, -0.2) is 4.98 Å². The lowest BCUT2D eigenvalue weighted by Crippen LogP contribution is -2.37. The topological polar surface area (TPSA) is 33.1 Å². The van der Waals surface area contributed by atoms with E-state index in [0.717, 1.165) is 25.0 Å². The quantitative estimate of drug-likeness (QED) is 0.843. The van der Waals surface area contributed by atoms with Crippen LogP contribution in [0, 0.1) is 5.92 Å². The smallest absolute Gasteiger partial charge is 0.205 e. The third-order valence-electron chi connectivity index (χ3n) is 3.51. The summed E-state index contributed by atoms with van der Waals surface area (Å²) in [6.45, 7) is 6.84. The van der Waals surface area contributed by atoms with Gasteiger partial charge in [-0.2, -0.15) is 0 Å². The van der Waals surface area contributed by atoms with Crippen LogP contribution in [-0.4, -0.2) is 35.7 Å². The zero-order valence-corrected chi connectivity index (χ0v) is 11.0. The zero-order chi connectivity index (χ0) is 12.1. The minimum absolute atomic E-state index is 0.819. The second-order valence-electron chi connectivity index (χ2n) is 4.98. The Morgan fingerprint density at radius 2 is 2.24 bits per heavy atom. The molecule has 0 saturated carbocycles. The SMILES string of the molecule is CCCN(CC1CCNCC1)c1nccn1C. The number of anilines is 1. The Morgan fingerprint density at radius 1 is 1.47 bits per heavy atom. The first kappa shape index (κ1) is 12.4. The maximum Gasteiger partial charge on any atom is 0.205 e. The molecule has 4 heteroatoms. The summed E-state index contributed by atoms with van der Waals surface area (Å²) in [4.78, 5) is 6.91. The molecule has 0 aromatic carbocycles. The third kappa shape index (κ3) is 3.22. The number of nitrogens with one attached hydrogen (secondary N) is 1. The Kier molecular flexibility index (Phi) is 4.42. The molecule has 4 nitrogen and oxygen atoms in total. The summed E-state index contributed by atoms with van der Waals surface area (Å²) in [5, 5.41) is 3.43. The fraction of sp³-hybridized carbons (Fsp3) is 0.769. The number of piperidine rings is 1. The number of hydrogen-bond donors (Lipinski definition) is 1. The van der Waals surface area contributed by atoms with Crippen molar-refractivity contribution in [2.24, 2.45) is 13.0 Å². The van der Waals surface area contributed by atoms with Crippen molar-refractivity contribution in [3.8, 4) is 0 Å². The van der Waals surface area contributed by atoms with E-state index < -0.39 is 0 Å². The largest absolute Gasteiger partial charge is 0.342 e. The minimum atomic E-state index is 0.819. The highest BCUT2D eigenvalue weighted by atomic mass is 15.3. The first-order valence-electron chi connectivity index (χ1n) is 6.74. The Bertz CT molecular complexity index is 328. The molecule has 0 aliphatic carbocycles. The zero-order valence-electron chi connectivity index (χ0n) is 11.0. The van der Waals surface area contributed by atoms with Crippen molar-refractivity contribution in [2.45, 2.75) is 26.2 Å². The molecule has 0 atom stereocenters. The van der Waals surface area contributed by atoms with Gasteiger partial charge in [0.15, 0.2) is 0 Å². The van der Waals surface area contributed by atoms with Crippen molar-refractivity contribution in [3.63, 3.8) is 0 Å². The molecule has 0 spiro atoms. The number of aryl methyl sites for hydroxylation is 1. The summed E-state index contributed by atoms with van der Waals surface area (Å²) in [5.41, 5.74) is 0. The summed E-state index contributed by atoms with van der Waals surface area (Å²) >= 11 is 0. The van der Waals surface area contributed by atoms with E-state index in [2.05, 4.69) is 33.7 Å². The van der Waals surface area contributed by atoms with Gasteiger partial charge >= 0.3 is 0 Å². The summed E-state index contributed by atoms with van der Waals surface area (Å²) in [6, 6.07) is 0. The van der Waals surface area contributed by atoms with Gasteiger partial charge < -0.3 is 14.8 Å². The van der Waals surface area contributed by atoms with Gasteiger partial charge in [-0.05, 0) is 38.3 Å². The molecule has 1 saturated heterocycles. The van der Waals surface area contributed by atoms with Crippen molar-refractivity contribution in [1.82, 2.24) is 14.9 Å². The Balaban J connectivity index is 1.99. The molecule has 2 rings (SSSR count). The Labute approximate surface area is 104 Å². The number of hydrogen-bond acceptors (Lipinski definition) is 3. The fourth-order valence-electron chi connectivity index (χ4n) is 2.58. The van der Waals surface area contributed by atoms with Crippen LogP contribution in [-0.2, 0) is 7.05 Å². The van der Waals surface area contributed by atoms with E-state index in [-0.39, 0.29) is 0 Å².